The van der Waals surface area contributed by atoms with Crippen molar-refractivity contribution in [2.45, 2.75) is 43.7 Å². The summed E-state index contributed by atoms with van der Waals surface area (Å²) in [4.78, 5) is 0.705. The van der Waals surface area contributed by atoms with Crippen LogP contribution in [0.25, 0.3) is 0 Å². The highest BCUT2D eigenvalue weighted by Gasteiger charge is 2.29. The van der Waals surface area contributed by atoms with Gasteiger partial charge in [-0.05, 0) is 51.0 Å². The molecule has 5 heteroatoms. The van der Waals surface area contributed by atoms with Crippen LogP contribution in [0.2, 0.25) is 0 Å². The van der Waals surface area contributed by atoms with E-state index in [0.717, 1.165) is 18.6 Å². The summed E-state index contributed by atoms with van der Waals surface area (Å²) in [6, 6.07) is 7.01. The van der Waals surface area contributed by atoms with Crippen LogP contribution in [0, 0.1) is 0 Å². The molecule has 1 unspecified atom stereocenters. The molecule has 0 bridgehead atoms. The van der Waals surface area contributed by atoms with Crippen LogP contribution in [0.4, 0.5) is 4.39 Å². The molecule has 2 rings (SSSR count). The van der Waals surface area contributed by atoms with E-state index in [-0.39, 0.29) is 12.1 Å². The molecule has 1 aliphatic heterocycles. The maximum atomic E-state index is 12.8. The van der Waals surface area contributed by atoms with Crippen LogP contribution in [-0.4, -0.2) is 33.9 Å². The molecule has 3 nitrogen and oxygen atoms in total. The van der Waals surface area contributed by atoms with E-state index in [0.29, 0.717) is 11.4 Å². The average molecular weight is 285 g/mol. The van der Waals surface area contributed by atoms with Crippen molar-refractivity contribution in [3.05, 3.63) is 24.3 Å². The smallest absolute Gasteiger partial charge is 0.127 e. The first kappa shape index (κ1) is 14.5. The molecular formula is C14H20FNO2S. The number of hydrogen-bond donors (Lipinski definition) is 0. The van der Waals surface area contributed by atoms with Gasteiger partial charge >= 0.3 is 0 Å². The minimum Gasteiger partial charge on any atom is -0.491 e. The first-order valence-electron chi connectivity index (χ1n) is 6.63. The van der Waals surface area contributed by atoms with Gasteiger partial charge in [-0.15, -0.1) is 0 Å². The molecule has 0 spiro atoms. The normalized spacial score (nSPS) is 21.8. The summed E-state index contributed by atoms with van der Waals surface area (Å²) in [5.41, 5.74) is 0. The van der Waals surface area contributed by atoms with Crippen LogP contribution >= 0.6 is 0 Å². The summed E-state index contributed by atoms with van der Waals surface area (Å²) in [7, 11) is -1.27. The van der Waals surface area contributed by atoms with Gasteiger partial charge in [-0.3, -0.25) is 0 Å². The zero-order chi connectivity index (χ0) is 13.8. The van der Waals surface area contributed by atoms with E-state index in [1.165, 1.54) is 0 Å². The van der Waals surface area contributed by atoms with Crippen molar-refractivity contribution in [3.63, 3.8) is 0 Å². The summed E-state index contributed by atoms with van der Waals surface area (Å²) in [6.07, 6.45) is 1.82. The van der Waals surface area contributed by atoms with Gasteiger partial charge in [0.15, 0.2) is 0 Å². The second-order valence-corrected chi connectivity index (χ2v) is 6.42. The molecule has 19 heavy (non-hydrogen) atoms. The second kappa shape index (κ2) is 6.48. The second-order valence-electron chi connectivity index (χ2n) is 4.98. The molecule has 0 aliphatic carbocycles. The fourth-order valence-electron chi connectivity index (χ4n) is 2.22. The van der Waals surface area contributed by atoms with Gasteiger partial charge in [-0.2, -0.15) is 0 Å². The van der Waals surface area contributed by atoms with Crippen molar-refractivity contribution in [1.82, 2.24) is 4.31 Å². The standard InChI is InChI=1S/C14H20FNO2S/c1-11(2)18-13-5-7-14(8-6-13)19(17)16-9-3-4-12(16)10-15/h5-8,11-12H,3-4,9-10H2,1-2H3/t12-,19?/m0/s1. The lowest BCUT2D eigenvalue weighted by Gasteiger charge is -2.20. The number of benzene rings is 1. The molecule has 0 amide bonds. The van der Waals surface area contributed by atoms with Gasteiger partial charge in [-0.1, -0.05) is 0 Å². The lowest BCUT2D eigenvalue weighted by molar-refractivity contribution is 0.242. The van der Waals surface area contributed by atoms with Gasteiger partial charge in [0, 0.05) is 6.54 Å². The van der Waals surface area contributed by atoms with Crippen molar-refractivity contribution in [3.8, 4) is 5.75 Å². The van der Waals surface area contributed by atoms with Crippen molar-refractivity contribution >= 4 is 11.0 Å². The number of rotatable bonds is 5. The first-order chi connectivity index (χ1) is 9.11. The summed E-state index contributed by atoms with van der Waals surface area (Å²) in [5.74, 6) is 0.763. The van der Waals surface area contributed by atoms with Gasteiger partial charge in [0.1, 0.15) is 23.4 Å². The zero-order valence-electron chi connectivity index (χ0n) is 11.3. The average Bonchev–Trinajstić information content (AvgIpc) is 2.86. The molecule has 106 valence electrons. The van der Waals surface area contributed by atoms with Gasteiger partial charge in [0.05, 0.1) is 17.0 Å². The van der Waals surface area contributed by atoms with Crippen molar-refractivity contribution < 1.29 is 13.3 Å². The Morgan fingerprint density at radius 3 is 2.68 bits per heavy atom. The Labute approximate surface area is 116 Å². The fraction of sp³-hybridized carbons (Fsp3) is 0.571. The summed E-state index contributed by atoms with van der Waals surface area (Å²) in [6.45, 7) is 4.19. The van der Waals surface area contributed by atoms with E-state index < -0.39 is 17.7 Å². The van der Waals surface area contributed by atoms with Crippen LogP contribution in [0.5, 0.6) is 5.75 Å². The largest absolute Gasteiger partial charge is 0.491 e. The highest BCUT2D eigenvalue weighted by atomic mass is 32.2. The molecule has 1 fully saturated rings. The molecule has 0 radical (unpaired) electrons. The van der Waals surface area contributed by atoms with E-state index in [1.54, 1.807) is 16.4 Å². The number of ether oxygens (including phenoxy) is 1. The minimum absolute atomic E-state index is 0.117. The third-order valence-corrected chi connectivity index (χ3v) is 4.69. The zero-order valence-corrected chi connectivity index (χ0v) is 12.2. The van der Waals surface area contributed by atoms with Gasteiger partial charge in [-0.25, -0.2) is 12.9 Å². The van der Waals surface area contributed by atoms with E-state index in [9.17, 15) is 8.60 Å². The molecule has 0 N–H and O–H groups in total. The monoisotopic (exact) mass is 285 g/mol. The Morgan fingerprint density at radius 1 is 1.42 bits per heavy atom. The van der Waals surface area contributed by atoms with E-state index in [4.69, 9.17) is 4.74 Å². The quantitative estimate of drug-likeness (QED) is 0.832. The predicted molar refractivity (Wildman–Crippen MR) is 74.3 cm³/mol. The number of alkyl halides is 1. The van der Waals surface area contributed by atoms with Gasteiger partial charge in [0.25, 0.3) is 0 Å². The molecule has 0 aromatic heterocycles. The Bertz CT molecular complexity index is 436. The van der Waals surface area contributed by atoms with Crippen LogP contribution < -0.4 is 4.74 Å². The first-order valence-corrected chi connectivity index (χ1v) is 7.73. The molecule has 2 atom stereocenters. The van der Waals surface area contributed by atoms with Crippen LogP contribution in [0.3, 0.4) is 0 Å². The van der Waals surface area contributed by atoms with Crippen molar-refractivity contribution in [2.24, 2.45) is 0 Å². The Balaban J connectivity index is 2.07. The SMILES string of the molecule is CC(C)Oc1ccc(S(=O)N2CCC[C@H]2CF)cc1. The van der Waals surface area contributed by atoms with E-state index in [2.05, 4.69) is 0 Å². The Hall–Kier alpha value is -0.940. The van der Waals surface area contributed by atoms with Gasteiger partial charge in [0.2, 0.25) is 0 Å². The Morgan fingerprint density at radius 2 is 2.11 bits per heavy atom. The minimum atomic E-state index is -1.27. The van der Waals surface area contributed by atoms with E-state index >= 15 is 0 Å². The fourth-order valence-corrected chi connectivity index (χ4v) is 3.59. The summed E-state index contributed by atoms with van der Waals surface area (Å²) >= 11 is 0. The molecule has 1 aromatic carbocycles. The lowest BCUT2D eigenvalue weighted by Crippen LogP contribution is -2.32. The molecule has 1 aromatic rings. The highest BCUT2D eigenvalue weighted by molar-refractivity contribution is 7.82. The number of hydrogen-bond acceptors (Lipinski definition) is 2. The Kier molecular flexibility index (Phi) is 4.93. The van der Waals surface area contributed by atoms with E-state index in [1.807, 2.05) is 26.0 Å². The van der Waals surface area contributed by atoms with Crippen LogP contribution in [-0.2, 0) is 11.0 Å². The number of nitrogens with zero attached hydrogens (tertiary/aromatic N) is 1. The summed E-state index contributed by atoms with van der Waals surface area (Å²) < 4.78 is 32.5. The van der Waals surface area contributed by atoms with Crippen molar-refractivity contribution in [2.75, 3.05) is 13.2 Å². The topological polar surface area (TPSA) is 29.5 Å². The van der Waals surface area contributed by atoms with Crippen LogP contribution in [0.15, 0.2) is 29.2 Å². The molecule has 0 saturated carbocycles. The third kappa shape index (κ3) is 3.54. The molecule has 1 heterocycles. The molecule has 1 saturated heterocycles. The predicted octanol–water partition coefficient (Wildman–Crippen LogP) is 2.93. The summed E-state index contributed by atoms with van der Waals surface area (Å²) in [5, 5.41) is 0. The molecule has 1 aliphatic rings. The maximum absolute atomic E-state index is 12.8. The maximum Gasteiger partial charge on any atom is 0.127 e. The highest BCUT2D eigenvalue weighted by Crippen LogP contribution is 2.24. The number of halogens is 1. The van der Waals surface area contributed by atoms with Crippen LogP contribution in [0.1, 0.15) is 26.7 Å². The third-order valence-electron chi connectivity index (χ3n) is 3.11. The van der Waals surface area contributed by atoms with Crippen molar-refractivity contribution in [1.29, 1.82) is 0 Å². The lowest BCUT2D eigenvalue weighted by atomic mass is 10.2. The van der Waals surface area contributed by atoms with Gasteiger partial charge < -0.3 is 4.74 Å². The molecular weight excluding hydrogens is 265 g/mol.